The zero-order valence-corrected chi connectivity index (χ0v) is 10.8. The fourth-order valence-corrected chi connectivity index (χ4v) is 1.96. The largest absolute Gasteiger partial charge is 0.465 e. The van der Waals surface area contributed by atoms with Crippen LogP contribution >= 0.6 is 11.3 Å². The predicted octanol–water partition coefficient (Wildman–Crippen LogP) is 2.17. The number of rotatable bonds is 4. The first kappa shape index (κ1) is 13.0. The Hall–Kier alpha value is -2.41. The van der Waals surface area contributed by atoms with Gasteiger partial charge in [-0.3, -0.25) is 10.1 Å². The van der Waals surface area contributed by atoms with Gasteiger partial charge >= 0.3 is 5.97 Å². The highest BCUT2D eigenvalue weighted by Gasteiger charge is 2.11. The van der Waals surface area contributed by atoms with Crippen molar-refractivity contribution in [1.82, 2.24) is 4.98 Å². The number of furan rings is 1. The number of methoxy groups -OCH3 is 1. The number of ether oxygens (including phenoxy) is 1. The smallest absolute Gasteiger partial charge is 0.349 e. The molecule has 0 saturated heterocycles. The molecule has 0 atom stereocenters. The van der Waals surface area contributed by atoms with Crippen LogP contribution in [0.25, 0.3) is 6.08 Å². The molecule has 2 heterocycles. The lowest BCUT2D eigenvalue weighted by atomic mass is 10.4. The lowest BCUT2D eigenvalue weighted by Crippen LogP contribution is -2.07. The lowest BCUT2D eigenvalue weighted by Gasteiger charge is -1.94. The maximum atomic E-state index is 11.6. The first-order chi connectivity index (χ1) is 9.19. The van der Waals surface area contributed by atoms with Crippen LogP contribution in [-0.2, 0) is 9.53 Å². The van der Waals surface area contributed by atoms with Gasteiger partial charge in [0.2, 0.25) is 5.91 Å². The number of nitrogens with one attached hydrogen (secondary N) is 1. The third-order valence-electron chi connectivity index (χ3n) is 2.06. The number of amides is 1. The Morgan fingerprint density at radius 3 is 3.05 bits per heavy atom. The zero-order chi connectivity index (χ0) is 13.7. The highest BCUT2D eigenvalue weighted by molar-refractivity contribution is 7.17. The molecule has 2 aromatic heterocycles. The lowest BCUT2D eigenvalue weighted by molar-refractivity contribution is -0.111. The second-order valence-electron chi connectivity index (χ2n) is 3.36. The monoisotopic (exact) mass is 278 g/mol. The number of carbonyl (C=O) groups excluding carboxylic acids is 2. The van der Waals surface area contributed by atoms with Crippen LogP contribution in [0.15, 0.2) is 35.1 Å². The van der Waals surface area contributed by atoms with Crippen LogP contribution in [0.3, 0.4) is 0 Å². The van der Waals surface area contributed by atoms with Crippen molar-refractivity contribution in [1.29, 1.82) is 0 Å². The van der Waals surface area contributed by atoms with Crippen molar-refractivity contribution in [2.24, 2.45) is 0 Å². The molecule has 0 radical (unpaired) electrons. The SMILES string of the molecule is COC(=O)c1cnc(NC(=O)/C=C/c2ccco2)s1. The maximum absolute atomic E-state index is 11.6. The minimum Gasteiger partial charge on any atom is -0.465 e. The van der Waals surface area contributed by atoms with Gasteiger partial charge in [-0.25, -0.2) is 9.78 Å². The summed E-state index contributed by atoms with van der Waals surface area (Å²) in [4.78, 5) is 27.0. The van der Waals surface area contributed by atoms with E-state index in [-0.39, 0.29) is 5.91 Å². The molecule has 7 heteroatoms. The minimum atomic E-state index is -0.482. The second kappa shape index (κ2) is 5.96. The summed E-state index contributed by atoms with van der Waals surface area (Å²) in [6.45, 7) is 0. The molecular weight excluding hydrogens is 268 g/mol. The Bertz CT molecular complexity index is 601. The van der Waals surface area contributed by atoms with Crippen molar-refractivity contribution in [3.63, 3.8) is 0 Å². The van der Waals surface area contributed by atoms with Gasteiger partial charge in [0.05, 0.1) is 19.6 Å². The highest BCUT2D eigenvalue weighted by Crippen LogP contribution is 2.18. The molecule has 0 aliphatic rings. The molecule has 19 heavy (non-hydrogen) atoms. The Morgan fingerprint density at radius 1 is 1.53 bits per heavy atom. The fourth-order valence-electron chi connectivity index (χ4n) is 1.22. The minimum absolute atomic E-state index is 0.327. The van der Waals surface area contributed by atoms with Crippen LogP contribution in [0.1, 0.15) is 15.4 Å². The molecule has 0 fully saturated rings. The van der Waals surface area contributed by atoms with Gasteiger partial charge in [0.25, 0.3) is 0 Å². The highest BCUT2D eigenvalue weighted by atomic mass is 32.1. The molecule has 1 amide bonds. The summed E-state index contributed by atoms with van der Waals surface area (Å²) in [5, 5.41) is 2.86. The van der Waals surface area contributed by atoms with Gasteiger partial charge in [0, 0.05) is 6.08 Å². The van der Waals surface area contributed by atoms with Crippen LogP contribution in [0.5, 0.6) is 0 Å². The van der Waals surface area contributed by atoms with E-state index in [1.807, 2.05) is 0 Å². The summed E-state index contributed by atoms with van der Waals surface area (Å²) in [7, 11) is 1.28. The van der Waals surface area contributed by atoms with Gasteiger partial charge in [0.1, 0.15) is 10.6 Å². The van der Waals surface area contributed by atoms with E-state index >= 15 is 0 Å². The molecular formula is C12H10N2O4S. The average molecular weight is 278 g/mol. The average Bonchev–Trinajstić information content (AvgIpc) is 3.06. The summed E-state index contributed by atoms with van der Waals surface area (Å²) in [5.74, 6) is -0.268. The third-order valence-corrected chi connectivity index (χ3v) is 2.96. The van der Waals surface area contributed by atoms with E-state index in [4.69, 9.17) is 4.42 Å². The Morgan fingerprint density at radius 2 is 2.37 bits per heavy atom. The summed E-state index contributed by atoms with van der Waals surface area (Å²) in [6, 6.07) is 3.45. The van der Waals surface area contributed by atoms with Crippen molar-refractivity contribution >= 4 is 34.4 Å². The van der Waals surface area contributed by atoms with Gasteiger partial charge in [-0.1, -0.05) is 11.3 Å². The van der Waals surface area contributed by atoms with Crippen molar-refractivity contribution < 1.29 is 18.7 Å². The van der Waals surface area contributed by atoms with Crippen LogP contribution in [-0.4, -0.2) is 24.0 Å². The molecule has 2 aromatic rings. The molecule has 98 valence electrons. The molecule has 0 spiro atoms. The van der Waals surface area contributed by atoms with Gasteiger partial charge in [0.15, 0.2) is 5.13 Å². The van der Waals surface area contributed by atoms with Crippen molar-refractivity contribution in [2.75, 3.05) is 12.4 Å². The van der Waals surface area contributed by atoms with E-state index in [1.165, 1.54) is 31.7 Å². The first-order valence-corrected chi connectivity index (χ1v) is 6.07. The van der Waals surface area contributed by atoms with Gasteiger partial charge in [-0.2, -0.15) is 0 Å². The number of aromatic nitrogens is 1. The molecule has 0 saturated carbocycles. The van der Waals surface area contributed by atoms with Gasteiger partial charge < -0.3 is 9.15 Å². The molecule has 0 bridgehead atoms. The first-order valence-electron chi connectivity index (χ1n) is 5.26. The number of hydrogen-bond donors (Lipinski definition) is 1. The second-order valence-corrected chi connectivity index (χ2v) is 4.39. The number of thiazole rings is 1. The third kappa shape index (κ3) is 3.52. The summed E-state index contributed by atoms with van der Waals surface area (Å²) < 4.78 is 9.59. The molecule has 0 aliphatic carbocycles. The van der Waals surface area contributed by atoms with Gasteiger partial charge in [-0.15, -0.1) is 0 Å². The number of carbonyl (C=O) groups is 2. The van der Waals surface area contributed by atoms with E-state index in [0.717, 1.165) is 11.3 Å². The molecule has 6 nitrogen and oxygen atoms in total. The Balaban J connectivity index is 1.95. The Kier molecular flexibility index (Phi) is 4.09. The zero-order valence-electron chi connectivity index (χ0n) is 9.95. The van der Waals surface area contributed by atoms with Crippen LogP contribution in [0.2, 0.25) is 0 Å². The predicted molar refractivity (Wildman–Crippen MR) is 69.8 cm³/mol. The van der Waals surface area contributed by atoms with Crippen molar-refractivity contribution in [3.05, 3.63) is 41.3 Å². The van der Waals surface area contributed by atoms with Crippen LogP contribution in [0.4, 0.5) is 5.13 Å². The summed E-state index contributed by atoms with van der Waals surface area (Å²) in [6.07, 6.45) is 5.71. The maximum Gasteiger partial charge on any atom is 0.349 e. The molecule has 0 aromatic carbocycles. The van der Waals surface area contributed by atoms with Crippen LogP contribution < -0.4 is 5.32 Å². The van der Waals surface area contributed by atoms with E-state index in [1.54, 1.807) is 12.1 Å². The van der Waals surface area contributed by atoms with E-state index in [9.17, 15) is 9.59 Å². The molecule has 0 aliphatic heterocycles. The summed E-state index contributed by atoms with van der Waals surface area (Å²) >= 11 is 1.04. The topological polar surface area (TPSA) is 81.4 Å². The normalized spacial score (nSPS) is 10.6. The quantitative estimate of drug-likeness (QED) is 0.684. The van der Waals surface area contributed by atoms with E-state index in [2.05, 4.69) is 15.0 Å². The van der Waals surface area contributed by atoms with Crippen molar-refractivity contribution in [2.45, 2.75) is 0 Å². The summed E-state index contributed by atoms with van der Waals surface area (Å²) in [5.41, 5.74) is 0. The van der Waals surface area contributed by atoms with Gasteiger partial charge in [-0.05, 0) is 18.2 Å². The fraction of sp³-hybridized carbons (Fsp3) is 0.0833. The number of esters is 1. The van der Waals surface area contributed by atoms with E-state index < -0.39 is 5.97 Å². The standard InChI is InChI=1S/C12H10N2O4S/c1-17-11(16)9-7-13-12(19-9)14-10(15)5-4-8-3-2-6-18-8/h2-7H,1H3,(H,13,14,15)/b5-4+. The number of nitrogens with zero attached hydrogens (tertiary/aromatic N) is 1. The van der Waals surface area contributed by atoms with Crippen LogP contribution in [0, 0.1) is 0 Å². The Labute approximate surface area is 112 Å². The number of anilines is 1. The molecule has 1 N–H and O–H groups in total. The number of hydrogen-bond acceptors (Lipinski definition) is 6. The molecule has 2 rings (SSSR count). The van der Waals surface area contributed by atoms with Crippen molar-refractivity contribution in [3.8, 4) is 0 Å². The molecule has 0 unspecified atom stereocenters. The van der Waals surface area contributed by atoms with E-state index in [0.29, 0.717) is 15.8 Å².